The maximum absolute atomic E-state index is 12.9. The molecule has 1 aromatic carbocycles. The van der Waals surface area contributed by atoms with Crippen LogP contribution in [0, 0.1) is 23.2 Å². The van der Waals surface area contributed by atoms with E-state index in [4.69, 9.17) is 5.26 Å². The number of carbonyl (C=O) groups is 1. The van der Waals surface area contributed by atoms with Crippen LogP contribution in [0.4, 0.5) is 4.39 Å². The van der Waals surface area contributed by atoms with Gasteiger partial charge in [-0.2, -0.15) is 5.26 Å². The van der Waals surface area contributed by atoms with E-state index in [0.717, 1.165) is 6.07 Å². The summed E-state index contributed by atoms with van der Waals surface area (Å²) in [5.74, 6) is -1.10. The fourth-order valence-electron chi connectivity index (χ4n) is 1.19. The molecule has 3 nitrogen and oxygen atoms in total. The molecule has 0 N–H and O–H groups in total. The predicted octanol–water partition coefficient (Wildman–Crippen LogP) is 2.87. The molecule has 0 aliphatic heterocycles. The number of hydrogen-bond acceptors (Lipinski definition) is 3. The van der Waals surface area contributed by atoms with Gasteiger partial charge in [0.15, 0.2) is 0 Å². The summed E-state index contributed by atoms with van der Waals surface area (Å²) in [6, 6.07) is 6.62. The highest BCUT2D eigenvalue weighted by Gasteiger charge is 2.27. The van der Waals surface area contributed by atoms with Gasteiger partial charge >= 0.3 is 5.97 Å². The van der Waals surface area contributed by atoms with Crippen molar-refractivity contribution in [1.82, 2.24) is 0 Å². The zero-order valence-electron chi connectivity index (χ0n) is 8.71. The molecule has 0 fully saturated rings. The molecule has 0 saturated heterocycles. The Balaban J connectivity index is 3.08. The predicted molar refractivity (Wildman–Crippen MR) is 66.4 cm³/mol. The van der Waals surface area contributed by atoms with Crippen molar-refractivity contribution in [1.29, 1.82) is 5.26 Å². The van der Waals surface area contributed by atoms with Gasteiger partial charge in [-0.15, -0.1) is 0 Å². The molecule has 2 atom stereocenters. The smallest absolute Gasteiger partial charge is 0.320 e. The van der Waals surface area contributed by atoms with E-state index in [1.165, 1.54) is 13.2 Å². The first kappa shape index (κ1) is 14.1. The Morgan fingerprint density at radius 2 is 2.29 bits per heavy atom. The first-order chi connectivity index (χ1) is 8.01. The molecule has 1 aromatic rings. The van der Waals surface area contributed by atoms with E-state index in [2.05, 4.69) is 42.7 Å². The third-order valence-electron chi connectivity index (χ3n) is 2.05. The summed E-state index contributed by atoms with van der Waals surface area (Å²) in [5, 5.41) is 8.89. The minimum absolute atomic E-state index is 0.150. The lowest BCUT2D eigenvalue weighted by atomic mass is 10.0. The molecule has 0 bridgehead atoms. The van der Waals surface area contributed by atoms with Crippen LogP contribution in [0.15, 0.2) is 12.1 Å². The molecular formula is C11H7Br2FNO2. The highest BCUT2D eigenvalue weighted by Crippen LogP contribution is 2.33. The molecule has 0 heterocycles. The monoisotopic (exact) mass is 362 g/mol. The molecule has 17 heavy (non-hydrogen) atoms. The van der Waals surface area contributed by atoms with Gasteiger partial charge in [0, 0.05) is 6.07 Å². The van der Waals surface area contributed by atoms with E-state index in [0.29, 0.717) is 5.56 Å². The summed E-state index contributed by atoms with van der Waals surface area (Å²) in [4.78, 5) is 10.2. The van der Waals surface area contributed by atoms with Crippen LogP contribution in [-0.2, 0) is 9.53 Å². The molecule has 0 saturated carbocycles. The van der Waals surface area contributed by atoms with Gasteiger partial charge in [0.25, 0.3) is 0 Å². The van der Waals surface area contributed by atoms with Gasteiger partial charge in [0.1, 0.15) is 10.6 Å². The molecule has 0 amide bonds. The molecule has 2 unspecified atom stereocenters. The van der Waals surface area contributed by atoms with Crippen molar-refractivity contribution in [3.05, 3.63) is 35.1 Å². The lowest BCUT2D eigenvalue weighted by Gasteiger charge is -2.16. The number of alkyl halides is 2. The van der Waals surface area contributed by atoms with E-state index >= 15 is 0 Å². The highest BCUT2D eigenvalue weighted by atomic mass is 79.9. The van der Waals surface area contributed by atoms with Crippen LogP contribution in [0.25, 0.3) is 0 Å². The summed E-state index contributed by atoms with van der Waals surface area (Å²) in [6.07, 6.45) is 0. The maximum Gasteiger partial charge on any atom is 0.320 e. The molecule has 0 spiro atoms. The second-order valence-corrected chi connectivity index (χ2v) is 5.06. The van der Waals surface area contributed by atoms with Gasteiger partial charge in [-0.1, -0.05) is 31.9 Å². The number of hydrogen-bond donors (Lipinski definition) is 0. The third-order valence-corrected chi connectivity index (χ3v) is 4.68. The van der Waals surface area contributed by atoms with Crippen LogP contribution in [0.2, 0.25) is 0 Å². The minimum atomic E-state index is -0.668. The molecule has 0 aliphatic carbocycles. The van der Waals surface area contributed by atoms with Crippen LogP contribution < -0.4 is 0 Å². The Morgan fingerprint density at radius 1 is 1.65 bits per heavy atom. The number of ether oxygens (including phenoxy) is 1. The van der Waals surface area contributed by atoms with Gasteiger partial charge in [-0.3, -0.25) is 4.79 Å². The average Bonchev–Trinajstić information content (AvgIpc) is 2.35. The molecule has 6 heteroatoms. The van der Waals surface area contributed by atoms with E-state index in [9.17, 15) is 9.18 Å². The zero-order valence-corrected chi connectivity index (χ0v) is 11.9. The van der Waals surface area contributed by atoms with Gasteiger partial charge in [-0.25, -0.2) is 4.39 Å². The number of rotatable bonds is 3. The summed E-state index contributed by atoms with van der Waals surface area (Å²) < 4.78 is 17.5. The first-order valence-electron chi connectivity index (χ1n) is 4.48. The third kappa shape index (κ3) is 3.27. The minimum Gasteiger partial charge on any atom is -0.468 e. The van der Waals surface area contributed by atoms with Gasteiger partial charge in [0.05, 0.1) is 23.6 Å². The number of esters is 1. The van der Waals surface area contributed by atoms with Gasteiger partial charge < -0.3 is 4.74 Å². The SMILES string of the molecule is COC(=O)C(Br)C(Br)c1c[c]c(F)cc1C#N. The van der Waals surface area contributed by atoms with Crippen LogP contribution in [0.5, 0.6) is 0 Å². The average molecular weight is 364 g/mol. The molecular weight excluding hydrogens is 357 g/mol. The molecule has 0 aliphatic rings. The number of halogens is 3. The molecule has 89 valence electrons. The number of nitrogens with zero attached hydrogens (tertiary/aromatic N) is 1. The highest BCUT2D eigenvalue weighted by molar-refractivity contribution is 9.12. The Labute approximate surface area is 115 Å². The number of methoxy groups -OCH3 is 1. The summed E-state index contributed by atoms with van der Waals surface area (Å²) in [5.41, 5.74) is 0.623. The second-order valence-electron chi connectivity index (χ2n) is 3.09. The number of nitriles is 1. The first-order valence-corrected chi connectivity index (χ1v) is 6.31. The molecule has 1 rings (SSSR count). The lowest BCUT2D eigenvalue weighted by Crippen LogP contribution is -2.20. The van der Waals surface area contributed by atoms with Crippen LogP contribution in [0.3, 0.4) is 0 Å². The second kappa shape index (κ2) is 6.12. The fourth-order valence-corrected chi connectivity index (χ4v) is 2.26. The summed E-state index contributed by atoms with van der Waals surface area (Å²) in [6.45, 7) is 0. The van der Waals surface area contributed by atoms with Crippen molar-refractivity contribution >= 4 is 37.8 Å². The standard InChI is InChI=1S/C11H7Br2FNO2/c1-17-11(16)10(13)9(12)8-3-2-7(14)4-6(8)5-15/h3-4,9-10H,1H3. The van der Waals surface area contributed by atoms with Crippen molar-refractivity contribution in [2.45, 2.75) is 9.65 Å². The van der Waals surface area contributed by atoms with E-state index in [1.54, 1.807) is 0 Å². The van der Waals surface area contributed by atoms with Crippen LogP contribution in [-0.4, -0.2) is 17.9 Å². The van der Waals surface area contributed by atoms with Crippen LogP contribution in [0.1, 0.15) is 16.0 Å². The molecule has 1 radical (unpaired) electrons. The Morgan fingerprint density at radius 3 is 2.82 bits per heavy atom. The van der Waals surface area contributed by atoms with Gasteiger partial charge in [0.2, 0.25) is 0 Å². The Kier molecular flexibility index (Phi) is 5.09. The van der Waals surface area contributed by atoms with Crippen molar-refractivity contribution in [2.75, 3.05) is 7.11 Å². The molecule has 0 aromatic heterocycles. The Hall–Kier alpha value is -0.930. The largest absolute Gasteiger partial charge is 0.468 e. The van der Waals surface area contributed by atoms with Crippen molar-refractivity contribution < 1.29 is 13.9 Å². The van der Waals surface area contributed by atoms with Crippen LogP contribution >= 0.6 is 31.9 Å². The van der Waals surface area contributed by atoms with Crippen molar-refractivity contribution in [3.63, 3.8) is 0 Å². The normalized spacial score (nSPS) is 13.6. The van der Waals surface area contributed by atoms with Crippen molar-refractivity contribution in [3.8, 4) is 6.07 Å². The number of carbonyl (C=O) groups excluding carboxylic acids is 1. The van der Waals surface area contributed by atoms with E-state index in [1.807, 2.05) is 6.07 Å². The number of benzene rings is 1. The Bertz CT molecular complexity index is 473. The zero-order chi connectivity index (χ0) is 13.0. The summed E-state index contributed by atoms with van der Waals surface area (Å²) >= 11 is 6.42. The fraction of sp³-hybridized carbons (Fsp3) is 0.273. The lowest BCUT2D eigenvalue weighted by molar-refractivity contribution is -0.139. The topological polar surface area (TPSA) is 50.1 Å². The van der Waals surface area contributed by atoms with E-state index < -0.39 is 21.4 Å². The van der Waals surface area contributed by atoms with Crippen molar-refractivity contribution in [2.24, 2.45) is 0 Å². The van der Waals surface area contributed by atoms with Gasteiger partial charge in [-0.05, 0) is 17.7 Å². The van der Waals surface area contributed by atoms with E-state index in [-0.39, 0.29) is 5.56 Å². The summed E-state index contributed by atoms with van der Waals surface area (Å²) in [7, 11) is 1.26. The maximum atomic E-state index is 12.9. The quantitative estimate of drug-likeness (QED) is 0.612.